The molecule has 1 fully saturated rings. The van der Waals surface area contributed by atoms with Crippen LogP contribution >= 0.6 is 35.0 Å². The number of rotatable bonds is 6. The number of carbonyl (C=O) groups is 2. The van der Waals surface area contributed by atoms with E-state index in [0.29, 0.717) is 27.8 Å². The van der Waals surface area contributed by atoms with Crippen LogP contribution in [-0.4, -0.2) is 17.1 Å². The molecule has 0 aromatic heterocycles. The van der Waals surface area contributed by atoms with Crippen molar-refractivity contribution in [3.05, 3.63) is 105 Å². The highest BCUT2D eigenvalue weighted by Gasteiger charge is 2.41. The van der Waals surface area contributed by atoms with Gasteiger partial charge in [0.25, 0.3) is 5.91 Å². The minimum Gasteiger partial charge on any atom is -0.321 e. The molecule has 1 N–H and O–H groups in total. The van der Waals surface area contributed by atoms with Crippen molar-refractivity contribution in [2.45, 2.75) is 25.0 Å². The monoisotopic (exact) mass is 521 g/mol. The Balaban J connectivity index is 1.70. The topological polar surface area (TPSA) is 73.2 Å². The maximum atomic E-state index is 13.5. The number of nitriles is 1. The number of amides is 2. The van der Waals surface area contributed by atoms with Crippen molar-refractivity contribution in [2.24, 2.45) is 0 Å². The van der Waals surface area contributed by atoms with Gasteiger partial charge in [0, 0.05) is 11.4 Å². The average molecular weight is 522 g/mol. The molecule has 5 nitrogen and oxygen atoms in total. The summed E-state index contributed by atoms with van der Waals surface area (Å²) in [7, 11) is 0. The van der Waals surface area contributed by atoms with Crippen LogP contribution < -0.4 is 10.2 Å². The Hall–Kier alpha value is -3.24. The molecular formula is C27H21Cl2N3O2S. The molecule has 1 atom stereocenters. The lowest BCUT2D eigenvalue weighted by molar-refractivity contribution is -0.117. The number of hydrogen-bond donors (Lipinski definition) is 1. The minimum absolute atomic E-state index is 0.133. The zero-order valence-corrected chi connectivity index (χ0v) is 21.1. The van der Waals surface area contributed by atoms with Gasteiger partial charge in [0.2, 0.25) is 5.91 Å². The van der Waals surface area contributed by atoms with Gasteiger partial charge in [-0.25, -0.2) is 0 Å². The molecule has 1 heterocycles. The largest absolute Gasteiger partial charge is 0.321 e. The fraction of sp³-hybridized carbons (Fsp3) is 0.148. The zero-order valence-electron chi connectivity index (χ0n) is 18.8. The van der Waals surface area contributed by atoms with Crippen molar-refractivity contribution in [1.82, 2.24) is 0 Å². The van der Waals surface area contributed by atoms with E-state index in [1.807, 2.05) is 37.3 Å². The van der Waals surface area contributed by atoms with Gasteiger partial charge in [-0.2, -0.15) is 5.26 Å². The summed E-state index contributed by atoms with van der Waals surface area (Å²) >= 11 is 13.7. The lowest BCUT2D eigenvalue weighted by Crippen LogP contribution is -2.31. The normalized spacial score (nSPS) is 16.7. The Bertz CT molecular complexity index is 1330. The van der Waals surface area contributed by atoms with Crippen LogP contribution in [0.1, 0.15) is 18.1 Å². The standard InChI is InChI=1S/C27H21Cl2N3O2S/c1-2-17-11-13-19(14-12-17)31-25(33)21(16-30)27-32(20-8-4-3-5-9-20)26(34)23(35-27)15-18-7-6-10-22(28)24(18)29/h3-14,23H,2,15H2,1H3,(H,31,33)/b27-21-/t23-/m0/s1. The van der Waals surface area contributed by atoms with Crippen molar-refractivity contribution < 1.29 is 9.59 Å². The predicted octanol–water partition coefficient (Wildman–Crippen LogP) is 6.62. The number of carbonyl (C=O) groups excluding carboxylic acids is 2. The van der Waals surface area contributed by atoms with Gasteiger partial charge in [-0.15, -0.1) is 0 Å². The number of thioether (sulfide) groups is 1. The Labute approximate surface area is 218 Å². The number of halogens is 2. The maximum Gasteiger partial charge on any atom is 0.269 e. The minimum atomic E-state index is -0.582. The number of anilines is 2. The van der Waals surface area contributed by atoms with Crippen LogP contribution in [0.4, 0.5) is 11.4 Å². The molecule has 4 rings (SSSR count). The Kier molecular flexibility index (Phi) is 7.82. The van der Waals surface area contributed by atoms with Gasteiger partial charge in [-0.05, 0) is 54.3 Å². The van der Waals surface area contributed by atoms with Crippen LogP contribution in [0.15, 0.2) is 83.4 Å². The quantitative estimate of drug-likeness (QED) is 0.292. The third kappa shape index (κ3) is 5.38. The lowest BCUT2D eigenvalue weighted by atomic mass is 10.1. The third-order valence-corrected chi connectivity index (χ3v) is 7.70. The second kappa shape index (κ2) is 11.0. The van der Waals surface area contributed by atoms with Crippen LogP contribution in [0.5, 0.6) is 0 Å². The Morgan fingerprint density at radius 3 is 2.43 bits per heavy atom. The van der Waals surface area contributed by atoms with Crippen molar-refractivity contribution in [1.29, 1.82) is 5.26 Å². The van der Waals surface area contributed by atoms with Crippen molar-refractivity contribution >= 4 is 58.2 Å². The van der Waals surface area contributed by atoms with E-state index >= 15 is 0 Å². The molecule has 0 radical (unpaired) electrons. The fourth-order valence-corrected chi connectivity index (χ4v) is 5.41. The first-order valence-electron chi connectivity index (χ1n) is 11.0. The predicted molar refractivity (Wildman–Crippen MR) is 143 cm³/mol. The lowest BCUT2D eigenvalue weighted by Gasteiger charge is -2.18. The van der Waals surface area contributed by atoms with Crippen LogP contribution in [0.2, 0.25) is 10.0 Å². The van der Waals surface area contributed by atoms with E-state index in [4.69, 9.17) is 23.2 Å². The highest BCUT2D eigenvalue weighted by molar-refractivity contribution is 8.05. The first-order chi connectivity index (χ1) is 16.9. The van der Waals surface area contributed by atoms with Gasteiger partial charge in [0.15, 0.2) is 0 Å². The smallest absolute Gasteiger partial charge is 0.269 e. The summed E-state index contributed by atoms with van der Waals surface area (Å²) in [6.45, 7) is 2.05. The van der Waals surface area contributed by atoms with E-state index in [9.17, 15) is 14.9 Å². The van der Waals surface area contributed by atoms with Crippen LogP contribution in [0.3, 0.4) is 0 Å². The molecule has 3 aromatic carbocycles. The number of nitrogens with one attached hydrogen (secondary N) is 1. The molecule has 0 spiro atoms. The molecule has 8 heteroatoms. The molecule has 1 aliphatic heterocycles. The van der Waals surface area contributed by atoms with E-state index < -0.39 is 11.2 Å². The molecule has 0 unspecified atom stereocenters. The van der Waals surface area contributed by atoms with E-state index in [0.717, 1.165) is 17.5 Å². The highest BCUT2D eigenvalue weighted by atomic mass is 35.5. The molecule has 2 amide bonds. The molecule has 0 saturated carbocycles. The first kappa shape index (κ1) is 24.9. The highest BCUT2D eigenvalue weighted by Crippen LogP contribution is 2.43. The summed E-state index contributed by atoms with van der Waals surface area (Å²) in [5, 5.41) is 13.2. The Morgan fingerprint density at radius 1 is 1.06 bits per heavy atom. The molecule has 1 saturated heterocycles. The molecule has 0 aliphatic carbocycles. The summed E-state index contributed by atoms with van der Waals surface area (Å²) in [6, 6.07) is 23.7. The molecule has 176 valence electrons. The van der Waals surface area contributed by atoms with Crippen molar-refractivity contribution in [3.8, 4) is 6.07 Å². The molecule has 3 aromatic rings. The summed E-state index contributed by atoms with van der Waals surface area (Å²) in [5.41, 5.74) is 2.87. The number of benzene rings is 3. The van der Waals surface area contributed by atoms with Gasteiger partial charge in [0.05, 0.1) is 15.3 Å². The second-order valence-electron chi connectivity index (χ2n) is 7.83. The second-order valence-corrected chi connectivity index (χ2v) is 9.81. The van der Waals surface area contributed by atoms with E-state index in [-0.39, 0.29) is 16.5 Å². The van der Waals surface area contributed by atoms with E-state index in [1.54, 1.807) is 48.5 Å². The summed E-state index contributed by atoms with van der Waals surface area (Å²) < 4.78 is 0. The summed E-state index contributed by atoms with van der Waals surface area (Å²) in [4.78, 5) is 28.1. The summed E-state index contributed by atoms with van der Waals surface area (Å²) in [6.07, 6.45) is 1.18. The van der Waals surface area contributed by atoms with Crippen molar-refractivity contribution in [3.63, 3.8) is 0 Å². The molecule has 35 heavy (non-hydrogen) atoms. The summed E-state index contributed by atoms with van der Waals surface area (Å²) in [5.74, 6) is -0.811. The molecular weight excluding hydrogens is 501 g/mol. The van der Waals surface area contributed by atoms with Gasteiger partial charge in [0.1, 0.15) is 16.7 Å². The van der Waals surface area contributed by atoms with Gasteiger partial charge in [-0.3, -0.25) is 14.5 Å². The fourth-order valence-electron chi connectivity index (χ4n) is 3.72. The van der Waals surface area contributed by atoms with Crippen LogP contribution in [0, 0.1) is 11.3 Å². The molecule has 0 bridgehead atoms. The van der Waals surface area contributed by atoms with Gasteiger partial charge < -0.3 is 5.32 Å². The van der Waals surface area contributed by atoms with Crippen molar-refractivity contribution in [2.75, 3.05) is 10.2 Å². The average Bonchev–Trinajstić information content (AvgIpc) is 3.18. The Morgan fingerprint density at radius 2 is 1.77 bits per heavy atom. The SMILES string of the molecule is CCc1ccc(NC(=O)/C(C#N)=C2\S[C@@H](Cc3cccc(Cl)c3Cl)C(=O)N2c2ccccc2)cc1. The van der Waals surface area contributed by atoms with Crippen LogP contribution in [0.25, 0.3) is 0 Å². The third-order valence-electron chi connectivity index (χ3n) is 5.58. The van der Waals surface area contributed by atoms with Gasteiger partial charge in [-0.1, -0.05) is 84.4 Å². The number of nitrogens with zero attached hydrogens (tertiary/aromatic N) is 2. The van der Waals surface area contributed by atoms with E-state index in [1.165, 1.54) is 16.7 Å². The number of para-hydroxylation sites is 1. The van der Waals surface area contributed by atoms with Gasteiger partial charge >= 0.3 is 0 Å². The maximum absolute atomic E-state index is 13.5. The number of aryl methyl sites for hydroxylation is 1. The first-order valence-corrected chi connectivity index (χ1v) is 12.6. The zero-order chi connectivity index (χ0) is 24.9. The number of hydrogen-bond acceptors (Lipinski definition) is 4. The van der Waals surface area contributed by atoms with Crippen LogP contribution in [-0.2, 0) is 22.4 Å². The van der Waals surface area contributed by atoms with E-state index in [2.05, 4.69) is 5.32 Å². The molecule has 1 aliphatic rings.